The molecular formula is C16H29IN4O2S. The Morgan fingerprint density at radius 2 is 1.96 bits per heavy atom. The number of rotatable bonds is 6. The van der Waals surface area contributed by atoms with Gasteiger partial charge in [0.05, 0.1) is 0 Å². The summed E-state index contributed by atoms with van der Waals surface area (Å²) in [6, 6.07) is 4.20. The number of alkyl carbamates (subject to hydrolysis) is 1. The van der Waals surface area contributed by atoms with Crippen LogP contribution in [0.25, 0.3) is 0 Å². The molecule has 8 heteroatoms. The molecule has 1 amide bonds. The quantitative estimate of drug-likeness (QED) is 0.260. The van der Waals surface area contributed by atoms with E-state index in [9.17, 15) is 4.79 Å². The fourth-order valence-corrected chi connectivity index (χ4v) is 2.59. The summed E-state index contributed by atoms with van der Waals surface area (Å²) in [4.78, 5) is 17.0. The van der Waals surface area contributed by atoms with Gasteiger partial charge < -0.3 is 20.7 Å². The van der Waals surface area contributed by atoms with E-state index in [0.717, 1.165) is 12.5 Å². The number of nitrogens with one attached hydrogen (secondary N) is 3. The zero-order chi connectivity index (χ0) is 17.3. The van der Waals surface area contributed by atoms with Crippen LogP contribution in [-0.2, 0) is 4.74 Å². The number of guanidine groups is 1. The first-order valence-corrected chi connectivity index (χ1v) is 8.64. The van der Waals surface area contributed by atoms with Crippen LogP contribution in [0.15, 0.2) is 22.5 Å². The first-order valence-electron chi connectivity index (χ1n) is 7.76. The number of carbonyl (C=O) groups is 1. The van der Waals surface area contributed by atoms with Gasteiger partial charge in [0.15, 0.2) is 5.96 Å². The van der Waals surface area contributed by atoms with Gasteiger partial charge in [0.2, 0.25) is 0 Å². The Bertz CT molecular complexity index is 501. The van der Waals surface area contributed by atoms with Crippen LogP contribution in [0.2, 0.25) is 0 Å². The van der Waals surface area contributed by atoms with Gasteiger partial charge in [-0.15, -0.1) is 35.3 Å². The molecule has 0 aromatic carbocycles. The van der Waals surface area contributed by atoms with Gasteiger partial charge in [0.25, 0.3) is 0 Å². The van der Waals surface area contributed by atoms with Crippen LogP contribution < -0.4 is 16.0 Å². The van der Waals surface area contributed by atoms with Crippen LogP contribution in [0.5, 0.6) is 0 Å². The van der Waals surface area contributed by atoms with Crippen LogP contribution in [0.4, 0.5) is 4.79 Å². The molecule has 138 valence electrons. The second kappa shape index (κ2) is 11.5. The Morgan fingerprint density at radius 1 is 1.29 bits per heavy atom. The van der Waals surface area contributed by atoms with E-state index in [2.05, 4.69) is 45.4 Å². The predicted octanol–water partition coefficient (Wildman–Crippen LogP) is 3.16. The SMILES string of the molecule is CN=C(NCCNC(=O)OC(C)(C)C)NCC(C)c1cccs1.I. The van der Waals surface area contributed by atoms with Gasteiger partial charge in [-0.3, -0.25) is 4.99 Å². The number of aliphatic imine (C=N–C) groups is 1. The molecule has 1 atom stereocenters. The largest absolute Gasteiger partial charge is 0.444 e. The summed E-state index contributed by atoms with van der Waals surface area (Å²) in [5.41, 5.74) is -0.479. The van der Waals surface area contributed by atoms with E-state index in [1.807, 2.05) is 20.8 Å². The van der Waals surface area contributed by atoms with Crippen molar-refractivity contribution in [2.45, 2.75) is 39.2 Å². The van der Waals surface area contributed by atoms with Crippen LogP contribution in [-0.4, -0.2) is 44.3 Å². The minimum absolute atomic E-state index is 0. The van der Waals surface area contributed by atoms with Crippen molar-refractivity contribution in [2.75, 3.05) is 26.7 Å². The van der Waals surface area contributed by atoms with Crippen molar-refractivity contribution in [2.24, 2.45) is 4.99 Å². The maximum absolute atomic E-state index is 11.5. The highest BCUT2D eigenvalue weighted by atomic mass is 127. The summed E-state index contributed by atoms with van der Waals surface area (Å²) < 4.78 is 5.17. The fourth-order valence-electron chi connectivity index (χ4n) is 1.80. The van der Waals surface area contributed by atoms with Gasteiger partial charge in [-0.05, 0) is 32.2 Å². The molecule has 0 aliphatic rings. The zero-order valence-corrected chi connectivity index (χ0v) is 18.2. The highest BCUT2D eigenvalue weighted by Gasteiger charge is 2.15. The number of halogens is 1. The van der Waals surface area contributed by atoms with E-state index in [1.165, 1.54) is 4.88 Å². The molecule has 24 heavy (non-hydrogen) atoms. The second-order valence-electron chi connectivity index (χ2n) is 6.23. The number of thiophene rings is 1. The van der Waals surface area contributed by atoms with Gasteiger partial charge >= 0.3 is 6.09 Å². The fraction of sp³-hybridized carbons (Fsp3) is 0.625. The summed E-state index contributed by atoms with van der Waals surface area (Å²) in [6.45, 7) is 9.54. The van der Waals surface area contributed by atoms with Crippen molar-refractivity contribution in [1.82, 2.24) is 16.0 Å². The number of amides is 1. The van der Waals surface area contributed by atoms with Gasteiger partial charge in [-0.1, -0.05) is 13.0 Å². The maximum Gasteiger partial charge on any atom is 0.407 e. The van der Waals surface area contributed by atoms with Crippen molar-refractivity contribution in [1.29, 1.82) is 0 Å². The van der Waals surface area contributed by atoms with E-state index in [4.69, 9.17) is 4.74 Å². The lowest BCUT2D eigenvalue weighted by atomic mass is 10.1. The van der Waals surface area contributed by atoms with E-state index >= 15 is 0 Å². The van der Waals surface area contributed by atoms with Crippen molar-refractivity contribution >= 4 is 47.4 Å². The third kappa shape index (κ3) is 9.96. The molecule has 0 spiro atoms. The molecule has 1 rings (SSSR count). The lowest BCUT2D eigenvalue weighted by molar-refractivity contribution is 0.0529. The minimum Gasteiger partial charge on any atom is -0.444 e. The zero-order valence-electron chi connectivity index (χ0n) is 15.0. The normalized spacial score (nSPS) is 12.8. The monoisotopic (exact) mass is 468 g/mol. The summed E-state index contributed by atoms with van der Waals surface area (Å²) in [5, 5.41) is 11.2. The standard InChI is InChI=1S/C16H28N4O2S.HI/c1-12(13-7-6-10-23-13)11-20-14(17-5)18-8-9-19-15(21)22-16(2,3)4;/h6-7,10,12H,8-9,11H2,1-5H3,(H,19,21)(H2,17,18,20);1H. The Morgan fingerprint density at radius 3 is 2.50 bits per heavy atom. The number of hydrogen-bond donors (Lipinski definition) is 3. The third-order valence-electron chi connectivity index (χ3n) is 2.91. The minimum atomic E-state index is -0.479. The molecule has 0 saturated heterocycles. The molecule has 1 heterocycles. The Labute approximate surface area is 165 Å². The van der Waals surface area contributed by atoms with Crippen LogP contribution >= 0.6 is 35.3 Å². The highest BCUT2D eigenvalue weighted by molar-refractivity contribution is 14.0. The molecule has 6 nitrogen and oxygen atoms in total. The molecule has 1 aromatic rings. The molecule has 0 radical (unpaired) electrons. The molecule has 0 fully saturated rings. The van der Waals surface area contributed by atoms with Crippen molar-refractivity contribution < 1.29 is 9.53 Å². The van der Waals surface area contributed by atoms with E-state index in [-0.39, 0.29) is 24.0 Å². The van der Waals surface area contributed by atoms with Gasteiger partial charge in [0, 0.05) is 37.5 Å². The number of hydrogen-bond acceptors (Lipinski definition) is 4. The summed E-state index contributed by atoms with van der Waals surface area (Å²) in [6.07, 6.45) is -0.409. The average Bonchev–Trinajstić information content (AvgIpc) is 2.98. The molecule has 0 aliphatic carbocycles. The van der Waals surface area contributed by atoms with Gasteiger partial charge in [-0.25, -0.2) is 4.79 Å². The van der Waals surface area contributed by atoms with E-state index in [0.29, 0.717) is 19.0 Å². The van der Waals surface area contributed by atoms with Crippen molar-refractivity contribution in [3.8, 4) is 0 Å². The van der Waals surface area contributed by atoms with Gasteiger partial charge in [0.1, 0.15) is 5.60 Å². The summed E-state index contributed by atoms with van der Waals surface area (Å²) >= 11 is 1.76. The molecule has 0 aliphatic heterocycles. The van der Waals surface area contributed by atoms with Gasteiger partial charge in [-0.2, -0.15) is 0 Å². The maximum atomic E-state index is 11.5. The molecule has 1 unspecified atom stereocenters. The smallest absolute Gasteiger partial charge is 0.407 e. The topological polar surface area (TPSA) is 74.8 Å². The first-order chi connectivity index (χ1) is 10.8. The highest BCUT2D eigenvalue weighted by Crippen LogP contribution is 2.19. The average molecular weight is 468 g/mol. The lowest BCUT2D eigenvalue weighted by Gasteiger charge is -2.20. The van der Waals surface area contributed by atoms with E-state index < -0.39 is 11.7 Å². The lowest BCUT2D eigenvalue weighted by Crippen LogP contribution is -2.43. The number of ether oxygens (including phenoxy) is 1. The summed E-state index contributed by atoms with van der Waals surface area (Å²) in [5.74, 6) is 1.15. The molecule has 0 bridgehead atoms. The number of nitrogens with zero attached hydrogens (tertiary/aromatic N) is 1. The Hall–Kier alpha value is -1.03. The summed E-state index contributed by atoms with van der Waals surface area (Å²) in [7, 11) is 1.73. The first kappa shape index (κ1) is 23.0. The van der Waals surface area contributed by atoms with Crippen molar-refractivity contribution in [3.05, 3.63) is 22.4 Å². The van der Waals surface area contributed by atoms with Crippen LogP contribution in [0, 0.1) is 0 Å². The number of carbonyl (C=O) groups excluding carboxylic acids is 1. The molecule has 3 N–H and O–H groups in total. The Balaban J connectivity index is 0.00000529. The van der Waals surface area contributed by atoms with Crippen LogP contribution in [0.3, 0.4) is 0 Å². The van der Waals surface area contributed by atoms with Crippen LogP contribution in [0.1, 0.15) is 38.5 Å². The second-order valence-corrected chi connectivity index (χ2v) is 7.20. The predicted molar refractivity (Wildman–Crippen MR) is 112 cm³/mol. The van der Waals surface area contributed by atoms with E-state index in [1.54, 1.807) is 18.4 Å². The van der Waals surface area contributed by atoms with Crippen molar-refractivity contribution in [3.63, 3.8) is 0 Å². The molecule has 0 saturated carbocycles. The molecular weight excluding hydrogens is 439 g/mol. The third-order valence-corrected chi connectivity index (χ3v) is 4.02. The molecule has 1 aromatic heterocycles. The Kier molecular flexibility index (Phi) is 11.0.